The fourth-order valence-corrected chi connectivity index (χ4v) is 2.47. The number of alkyl halides is 3. The number of aromatic nitrogens is 3. The van der Waals surface area contributed by atoms with Crippen molar-refractivity contribution in [3.63, 3.8) is 0 Å². The molecule has 8 nitrogen and oxygen atoms in total. The molecule has 0 fully saturated rings. The molecule has 0 unspecified atom stereocenters. The SMILES string of the molecule is COCCN(C)c1ncc(NC(=O)c2oc(-c3ccccc3)nc2C(F)(F)F)cn1. The quantitative estimate of drug-likeness (QED) is 0.624. The maximum Gasteiger partial charge on any atom is 0.437 e. The minimum Gasteiger partial charge on any atom is -0.430 e. The third-order valence-electron chi connectivity index (χ3n) is 3.99. The first-order chi connectivity index (χ1) is 14.3. The van der Waals surface area contributed by atoms with Crippen LogP contribution in [0.1, 0.15) is 16.2 Å². The lowest BCUT2D eigenvalue weighted by Gasteiger charge is -2.16. The lowest BCUT2D eigenvalue weighted by atomic mass is 10.2. The topological polar surface area (TPSA) is 93.4 Å². The third-order valence-corrected chi connectivity index (χ3v) is 3.99. The van der Waals surface area contributed by atoms with Crippen LogP contribution in [-0.2, 0) is 10.9 Å². The summed E-state index contributed by atoms with van der Waals surface area (Å²) in [6.07, 6.45) is -2.30. The number of amides is 1. The molecule has 0 atom stereocenters. The molecule has 3 rings (SSSR count). The smallest absolute Gasteiger partial charge is 0.430 e. The van der Waals surface area contributed by atoms with Crippen LogP contribution in [0.4, 0.5) is 24.8 Å². The molecule has 0 bridgehead atoms. The Kier molecular flexibility index (Phi) is 6.31. The molecular formula is C19H18F3N5O3. The number of anilines is 2. The van der Waals surface area contributed by atoms with Crippen molar-refractivity contribution >= 4 is 17.5 Å². The normalized spacial score (nSPS) is 11.4. The Balaban J connectivity index is 1.82. The third kappa shape index (κ3) is 4.92. The number of ether oxygens (including phenoxy) is 1. The van der Waals surface area contributed by atoms with Gasteiger partial charge >= 0.3 is 6.18 Å². The molecule has 1 aromatic carbocycles. The summed E-state index contributed by atoms with van der Waals surface area (Å²) in [4.78, 5) is 25.8. The fourth-order valence-electron chi connectivity index (χ4n) is 2.47. The standard InChI is InChI=1S/C19H18F3N5O3/c1-27(8-9-29-2)18-23-10-13(11-24-18)25-16(28)14-15(19(20,21)22)26-17(30-14)12-6-4-3-5-7-12/h3-7,10-11H,8-9H2,1-2H3,(H,25,28). The van der Waals surface area contributed by atoms with Crippen molar-refractivity contribution in [2.75, 3.05) is 37.5 Å². The summed E-state index contributed by atoms with van der Waals surface area (Å²) in [5, 5.41) is 2.30. The molecular weight excluding hydrogens is 403 g/mol. The number of methoxy groups -OCH3 is 1. The van der Waals surface area contributed by atoms with E-state index in [0.717, 1.165) is 0 Å². The number of nitrogens with zero attached hydrogens (tertiary/aromatic N) is 4. The van der Waals surface area contributed by atoms with E-state index in [-0.39, 0.29) is 11.6 Å². The lowest BCUT2D eigenvalue weighted by molar-refractivity contribution is -0.141. The highest BCUT2D eigenvalue weighted by Gasteiger charge is 2.41. The first kappa shape index (κ1) is 21.2. The molecule has 0 saturated heterocycles. The number of halogens is 3. The summed E-state index contributed by atoms with van der Waals surface area (Å²) in [5.74, 6) is -1.99. The van der Waals surface area contributed by atoms with Gasteiger partial charge in [-0.15, -0.1) is 0 Å². The van der Waals surface area contributed by atoms with Crippen LogP contribution in [0, 0.1) is 0 Å². The number of rotatable bonds is 7. The van der Waals surface area contributed by atoms with Crippen LogP contribution in [-0.4, -0.2) is 48.2 Å². The molecule has 2 heterocycles. The summed E-state index contributed by atoms with van der Waals surface area (Å²) in [5.41, 5.74) is -0.987. The molecule has 0 aliphatic carbocycles. The minimum atomic E-state index is -4.87. The zero-order chi connectivity index (χ0) is 21.7. The summed E-state index contributed by atoms with van der Waals surface area (Å²) >= 11 is 0. The van der Waals surface area contributed by atoms with Crippen LogP contribution in [0.15, 0.2) is 47.1 Å². The van der Waals surface area contributed by atoms with Crippen molar-refractivity contribution in [2.45, 2.75) is 6.18 Å². The van der Waals surface area contributed by atoms with Gasteiger partial charge in [0.1, 0.15) is 0 Å². The van der Waals surface area contributed by atoms with E-state index in [4.69, 9.17) is 9.15 Å². The predicted molar refractivity (Wildman–Crippen MR) is 102 cm³/mol. The molecule has 0 aliphatic heterocycles. The summed E-state index contributed by atoms with van der Waals surface area (Å²) in [6.45, 7) is 1.01. The van der Waals surface area contributed by atoms with Crippen molar-refractivity contribution in [1.82, 2.24) is 15.0 Å². The zero-order valence-electron chi connectivity index (χ0n) is 16.1. The van der Waals surface area contributed by atoms with Crippen LogP contribution < -0.4 is 10.2 Å². The van der Waals surface area contributed by atoms with Gasteiger partial charge in [-0.05, 0) is 12.1 Å². The molecule has 0 aliphatic rings. The average molecular weight is 421 g/mol. The highest BCUT2D eigenvalue weighted by molar-refractivity contribution is 6.03. The second kappa shape index (κ2) is 8.91. The number of benzene rings is 1. The first-order valence-electron chi connectivity index (χ1n) is 8.76. The molecule has 11 heteroatoms. The molecule has 0 radical (unpaired) electrons. The van der Waals surface area contributed by atoms with Gasteiger partial charge in [0.05, 0.1) is 24.7 Å². The summed E-state index contributed by atoms with van der Waals surface area (Å²) in [6, 6.07) is 7.99. The predicted octanol–water partition coefficient (Wildman–Crippen LogP) is 3.49. The Morgan fingerprint density at radius 3 is 2.47 bits per heavy atom. The highest BCUT2D eigenvalue weighted by atomic mass is 19.4. The Morgan fingerprint density at radius 1 is 1.20 bits per heavy atom. The number of oxazole rings is 1. The van der Waals surface area contributed by atoms with Gasteiger partial charge in [-0.2, -0.15) is 13.2 Å². The summed E-state index contributed by atoms with van der Waals surface area (Å²) in [7, 11) is 3.32. The number of carbonyl (C=O) groups excluding carboxylic acids is 1. The number of carbonyl (C=O) groups is 1. The largest absolute Gasteiger partial charge is 0.437 e. The molecule has 158 valence electrons. The van der Waals surface area contributed by atoms with Crippen LogP contribution >= 0.6 is 0 Å². The van der Waals surface area contributed by atoms with E-state index in [0.29, 0.717) is 24.7 Å². The van der Waals surface area contributed by atoms with E-state index in [9.17, 15) is 18.0 Å². The average Bonchev–Trinajstić information content (AvgIpc) is 3.19. The Hall–Kier alpha value is -3.47. The Bertz CT molecular complexity index is 991. The molecule has 1 amide bonds. The second-order valence-corrected chi connectivity index (χ2v) is 6.20. The van der Waals surface area contributed by atoms with Crippen molar-refractivity contribution in [3.8, 4) is 11.5 Å². The van der Waals surface area contributed by atoms with E-state index < -0.39 is 23.5 Å². The van der Waals surface area contributed by atoms with E-state index >= 15 is 0 Å². The van der Waals surface area contributed by atoms with Crippen molar-refractivity contribution in [3.05, 3.63) is 54.2 Å². The second-order valence-electron chi connectivity index (χ2n) is 6.20. The number of nitrogens with one attached hydrogen (secondary N) is 1. The van der Waals surface area contributed by atoms with Crippen molar-refractivity contribution in [2.24, 2.45) is 0 Å². The van der Waals surface area contributed by atoms with E-state index in [1.54, 1.807) is 37.3 Å². The molecule has 0 saturated carbocycles. The van der Waals surface area contributed by atoms with Gasteiger partial charge in [0.25, 0.3) is 5.91 Å². The monoisotopic (exact) mass is 421 g/mol. The maximum atomic E-state index is 13.4. The Labute approximate surface area is 169 Å². The minimum absolute atomic E-state index is 0.106. The number of hydrogen-bond donors (Lipinski definition) is 1. The molecule has 2 aromatic heterocycles. The summed E-state index contributed by atoms with van der Waals surface area (Å²) < 4.78 is 50.3. The first-order valence-corrected chi connectivity index (χ1v) is 8.76. The van der Waals surface area contributed by atoms with Gasteiger partial charge in [-0.3, -0.25) is 4.79 Å². The van der Waals surface area contributed by atoms with Gasteiger partial charge in [-0.1, -0.05) is 18.2 Å². The van der Waals surface area contributed by atoms with Crippen LogP contribution in [0.25, 0.3) is 11.5 Å². The van der Waals surface area contributed by atoms with Gasteiger partial charge in [0.15, 0.2) is 5.69 Å². The van der Waals surface area contributed by atoms with Crippen molar-refractivity contribution < 1.29 is 27.1 Å². The Morgan fingerprint density at radius 2 is 1.87 bits per heavy atom. The fraction of sp³-hybridized carbons (Fsp3) is 0.263. The van der Waals surface area contributed by atoms with Crippen LogP contribution in [0.2, 0.25) is 0 Å². The molecule has 1 N–H and O–H groups in total. The highest BCUT2D eigenvalue weighted by Crippen LogP contribution is 2.34. The van der Waals surface area contributed by atoms with Crippen LogP contribution in [0.5, 0.6) is 0 Å². The molecule has 0 spiro atoms. The lowest BCUT2D eigenvalue weighted by Crippen LogP contribution is -2.24. The maximum absolute atomic E-state index is 13.4. The number of likely N-dealkylation sites (N-methyl/N-ethyl adjacent to an activating group) is 1. The van der Waals surface area contributed by atoms with Gasteiger partial charge < -0.3 is 19.4 Å². The van der Waals surface area contributed by atoms with E-state index in [1.807, 2.05) is 0 Å². The molecule has 30 heavy (non-hydrogen) atoms. The van der Waals surface area contributed by atoms with Crippen molar-refractivity contribution in [1.29, 1.82) is 0 Å². The molecule has 3 aromatic rings. The zero-order valence-corrected chi connectivity index (χ0v) is 16.1. The van der Waals surface area contributed by atoms with E-state index in [1.165, 1.54) is 24.5 Å². The van der Waals surface area contributed by atoms with Gasteiger partial charge in [0.2, 0.25) is 17.6 Å². The van der Waals surface area contributed by atoms with Gasteiger partial charge in [0, 0.05) is 26.3 Å². The van der Waals surface area contributed by atoms with Crippen LogP contribution in [0.3, 0.4) is 0 Å². The van der Waals surface area contributed by atoms with Gasteiger partial charge in [-0.25, -0.2) is 15.0 Å². The van der Waals surface area contributed by atoms with E-state index in [2.05, 4.69) is 20.3 Å². The number of hydrogen-bond acceptors (Lipinski definition) is 7.